The largest absolute Gasteiger partial charge is 1.00 e. The van der Waals surface area contributed by atoms with Crippen LogP contribution in [-0.4, -0.2) is 78.7 Å². The van der Waals surface area contributed by atoms with Crippen LogP contribution in [0, 0.1) is 21.7 Å². The Kier molecular flexibility index (Phi) is 14.4. The van der Waals surface area contributed by atoms with Crippen LogP contribution in [0.25, 0.3) is 0 Å². The Morgan fingerprint density at radius 2 is 1.05 bits per heavy atom. The van der Waals surface area contributed by atoms with Gasteiger partial charge in [-0.15, -0.1) is 0 Å². The predicted octanol–water partition coefficient (Wildman–Crippen LogP) is 6.41. The number of methoxy groups -OCH3 is 1. The first-order chi connectivity index (χ1) is 29.4. The number of carbonyl (C=O) groups is 2. The number of carbonyl (C=O) groups excluding carboxylic acids is 1. The van der Waals surface area contributed by atoms with Crippen molar-refractivity contribution in [2.45, 2.75) is 91.3 Å². The summed E-state index contributed by atoms with van der Waals surface area (Å²) in [4.78, 5) is 28.3. The number of carboxylic acids is 1. The average Bonchev–Trinajstić information content (AvgIpc) is 4.12. The number of halogens is 2. The van der Waals surface area contributed by atoms with E-state index in [1.807, 2.05) is 24.3 Å². The van der Waals surface area contributed by atoms with Crippen molar-refractivity contribution in [3.63, 3.8) is 0 Å². The second-order valence-corrected chi connectivity index (χ2v) is 20.1. The monoisotopic (exact) mass is 904 g/mol. The summed E-state index contributed by atoms with van der Waals surface area (Å²) < 4.78 is 17.3. The first-order valence-electron chi connectivity index (χ1n) is 22.2. The molecule has 0 unspecified atom stereocenters. The SMILES string of the molecule is CCc1cccc(Cl)c1COc1ccc2c(c1)CC1(C2)CN(CC2(C(=O)O)CC2)C1.CCc1cccc(Cl)c1COc1ccc2c(c1)CC1(C2)CN(CC2(C(=O)OC)CC2)C1.[Na+].[OH-]. The van der Waals surface area contributed by atoms with Gasteiger partial charge in [-0.05, 0) is 134 Å². The number of fused-ring (bicyclic) bond motifs is 2. The molecule has 0 atom stereocenters. The van der Waals surface area contributed by atoms with Gasteiger partial charge in [0.1, 0.15) is 24.7 Å². The van der Waals surface area contributed by atoms with Crippen LogP contribution in [0.4, 0.5) is 0 Å². The number of ether oxygens (including phenoxy) is 3. The first kappa shape index (κ1) is 47.8. The molecule has 2 N–H and O–H groups in total. The molecular formula is C51H59Cl2N2NaO7. The van der Waals surface area contributed by atoms with Crippen molar-refractivity contribution in [1.82, 2.24) is 9.80 Å². The Morgan fingerprint density at radius 3 is 1.43 bits per heavy atom. The molecule has 0 aromatic heterocycles. The zero-order valence-corrected chi connectivity index (χ0v) is 40.8. The maximum absolute atomic E-state index is 12.1. The van der Waals surface area contributed by atoms with Gasteiger partial charge in [-0.1, -0.05) is 73.4 Å². The third-order valence-corrected chi connectivity index (χ3v) is 15.4. The molecule has 0 amide bonds. The van der Waals surface area contributed by atoms with Crippen LogP contribution in [0.2, 0.25) is 10.0 Å². The van der Waals surface area contributed by atoms with E-state index in [2.05, 4.69) is 72.2 Å². The summed E-state index contributed by atoms with van der Waals surface area (Å²) in [6.07, 6.45) is 9.83. The van der Waals surface area contributed by atoms with Gasteiger partial charge < -0.3 is 34.6 Å². The average molecular weight is 906 g/mol. The second-order valence-electron chi connectivity index (χ2n) is 19.3. The summed E-state index contributed by atoms with van der Waals surface area (Å²) >= 11 is 12.8. The minimum Gasteiger partial charge on any atom is -0.870 e. The molecule has 2 spiro atoms. The maximum Gasteiger partial charge on any atom is 1.00 e. The fourth-order valence-electron chi connectivity index (χ4n) is 11.0. The number of benzene rings is 4. The molecule has 0 radical (unpaired) electrons. The molecule has 12 heteroatoms. The Bertz CT molecular complexity index is 2330. The van der Waals surface area contributed by atoms with E-state index >= 15 is 0 Å². The zero-order valence-electron chi connectivity index (χ0n) is 37.2. The van der Waals surface area contributed by atoms with E-state index in [-0.39, 0.29) is 51.8 Å². The third-order valence-electron chi connectivity index (χ3n) is 14.6. The summed E-state index contributed by atoms with van der Waals surface area (Å²) in [6, 6.07) is 25.1. The van der Waals surface area contributed by atoms with Gasteiger partial charge in [-0.2, -0.15) is 0 Å². The summed E-state index contributed by atoms with van der Waals surface area (Å²) in [5, 5.41) is 11.0. The van der Waals surface area contributed by atoms with E-state index in [4.69, 9.17) is 37.4 Å². The van der Waals surface area contributed by atoms with Gasteiger partial charge in [-0.25, -0.2) is 0 Å². The van der Waals surface area contributed by atoms with Crippen molar-refractivity contribution < 1.29 is 63.9 Å². The minimum atomic E-state index is -0.621. The van der Waals surface area contributed by atoms with Crippen molar-refractivity contribution in [2.24, 2.45) is 21.7 Å². The van der Waals surface area contributed by atoms with Gasteiger partial charge in [0, 0.05) is 71.3 Å². The predicted molar refractivity (Wildman–Crippen MR) is 241 cm³/mol. The minimum absolute atomic E-state index is 0. The van der Waals surface area contributed by atoms with Crippen LogP contribution in [0.15, 0.2) is 72.8 Å². The van der Waals surface area contributed by atoms with Crippen LogP contribution in [0.1, 0.15) is 84.0 Å². The van der Waals surface area contributed by atoms with Gasteiger partial charge in [-0.3, -0.25) is 9.59 Å². The Morgan fingerprint density at radius 1 is 0.635 bits per heavy atom. The molecule has 330 valence electrons. The van der Waals surface area contributed by atoms with E-state index < -0.39 is 11.4 Å². The Labute approximate surface area is 404 Å². The quantitative estimate of drug-likeness (QED) is 0.113. The fraction of sp³-hybridized carbons (Fsp3) is 0.490. The summed E-state index contributed by atoms with van der Waals surface area (Å²) in [7, 11) is 1.50. The number of hydrogen-bond donors (Lipinski definition) is 1. The number of likely N-dealkylation sites (tertiary alicyclic amines) is 2. The topological polar surface area (TPSA) is 119 Å². The standard InChI is InChI=1S/C26H30ClNO3.C25H28ClNO3.Na.H2O/c1-3-18-5-4-6-23(27)22(18)14-31-21-8-7-19-12-25(13-20(19)11-21)15-28(16-25)17-26(9-10-26)24(29)30-2;1-2-17-4-3-5-22(26)21(17)13-30-20-7-6-18-11-24(12-19(18)10-20)14-27(15-24)16-25(8-9-25)23(28)29;;/h4-8,11H,3,9-10,12-17H2,1-2H3;3-7,10H,2,8-9,11-16H2,1H3,(H,28,29);;1H2/q;;+1;/p-1. The molecule has 0 bridgehead atoms. The van der Waals surface area contributed by atoms with E-state index in [1.165, 1.54) is 40.5 Å². The molecule has 4 aromatic rings. The van der Waals surface area contributed by atoms with Crippen LogP contribution >= 0.6 is 23.2 Å². The van der Waals surface area contributed by atoms with Gasteiger partial charge >= 0.3 is 41.5 Å². The van der Waals surface area contributed by atoms with Crippen LogP contribution in [0.5, 0.6) is 11.5 Å². The van der Waals surface area contributed by atoms with Crippen molar-refractivity contribution in [3.8, 4) is 11.5 Å². The van der Waals surface area contributed by atoms with Gasteiger partial charge in [0.25, 0.3) is 0 Å². The first-order valence-corrected chi connectivity index (χ1v) is 22.9. The van der Waals surface area contributed by atoms with Crippen molar-refractivity contribution >= 4 is 35.1 Å². The number of rotatable bonds is 14. The van der Waals surface area contributed by atoms with E-state index in [0.29, 0.717) is 25.2 Å². The number of esters is 1. The van der Waals surface area contributed by atoms with Crippen molar-refractivity contribution in [3.05, 3.63) is 127 Å². The normalized spacial score (nSPS) is 19.8. The van der Waals surface area contributed by atoms with Gasteiger partial charge in [0.15, 0.2) is 0 Å². The van der Waals surface area contributed by atoms with E-state index in [9.17, 15) is 14.7 Å². The van der Waals surface area contributed by atoms with Gasteiger partial charge in [0.05, 0.1) is 17.9 Å². The van der Waals surface area contributed by atoms with Crippen LogP contribution in [0.3, 0.4) is 0 Å². The number of aliphatic carboxylic acids is 1. The molecule has 2 saturated carbocycles. The van der Waals surface area contributed by atoms with E-state index in [0.717, 1.165) is 130 Å². The van der Waals surface area contributed by atoms with E-state index in [1.54, 1.807) is 0 Å². The molecule has 4 aromatic carbocycles. The molecule has 2 saturated heterocycles. The Hall–Kier alpha value is -3.12. The third kappa shape index (κ3) is 9.88. The van der Waals surface area contributed by atoms with Crippen molar-refractivity contribution in [1.29, 1.82) is 0 Å². The second kappa shape index (κ2) is 19.0. The number of hydrogen-bond acceptors (Lipinski definition) is 8. The summed E-state index contributed by atoms with van der Waals surface area (Å²) in [5.41, 5.74) is 10.2. The van der Waals surface area contributed by atoms with Crippen LogP contribution < -0.4 is 39.0 Å². The smallest absolute Gasteiger partial charge is 0.870 e. The molecular weight excluding hydrogens is 846 g/mol. The molecule has 2 heterocycles. The number of carboxylic acid groups (broad SMARTS) is 1. The summed E-state index contributed by atoms with van der Waals surface area (Å²) in [6.45, 7) is 11.0. The summed E-state index contributed by atoms with van der Waals surface area (Å²) in [5.74, 6) is 1.16. The maximum atomic E-state index is 12.1. The molecule has 2 aliphatic heterocycles. The number of nitrogens with zero attached hydrogens (tertiary/aromatic N) is 2. The fourth-order valence-corrected chi connectivity index (χ4v) is 11.5. The molecule has 4 aliphatic carbocycles. The van der Waals surface area contributed by atoms with Crippen LogP contribution in [-0.2, 0) is 66.1 Å². The molecule has 4 fully saturated rings. The van der Waals surface area contributed by atoms with Gasteiger partial charge in [0.2, 0.25) is 0 Å². The molecule has 10 rings (SSSR count). The molecule has 9 nitrogen and oxygen atoms in total. The molecule has 63 heavy (non-hydrogen) atoms. The number of aryl methyl sites for hydroxylation is 2. The zero-order chi connectivity index (χ0) is 42.6. The van der Waals surface area contributed by atoms with Crippen molar-refractivity contribution in [2.75, 3.05) is 46.4 Å². The Balaban J connectivity index is 0.000000183. The molecule has 6 aliphatic rings.